The summed E-state index contributed by atoms with van der Waals surface area (Å²) in [6.07, 6.45) is 9.07. The van der Waals surface area contributed by atoms with Gasteiger partial charge in [-0.2, -0.15) is 5.10 Å². The van der Waals surface area contributed by atoms with E-state index in [9.17, 15) is 4.79 Å². The zero-order chi connectivity index (χ0) is 13.7. The predicted octanol–water partition coefficient (Wildman–Crippen LogP) is 2.17. The topological polar surface area (TPSA) is 51.0 Å². The van der Waals surface area contributed by atoms with Crippen molar-refractivity contribution < 1.29 is 4.79 Å². The van der Waals surface area contributed by atoms with Gasteiger partial charge in [0.25, 0.3) is 5.91 Å². The molecule has 5 nitrogen and oxygen atoms in total. The van der Waals surface area contributed by atoms with Crippen molar-refractivity contribution in [3.8, 4) is 10.6 Å². The van der Waals surface area contributed by atoms with Crippen molar-refractivity contribution in [2.45, 2.75) is 25.3 Å². The standard InChI is InChI=1S/C14H16N4OS/c1-17-8-10(5-16-17)13-15-6-12(20-13)14(19)18-7-9-2-3-11(18)4-9/h5-6,8-9,11H,2-4,7H2,1H3. The fraction of sp³-hybridized carbons (Fsp3) is 0.500. The summed E-state index contributed by atoms with van der Waals surface area (Å²) >= 11 is 1.47. The summed E-state index contributed by atoms with van der Waals surface area (Å²) in [6.45, 7) is 0.934. The number of nitrogens with zero attached hydrogens (tertiary/aromatic N) is 4. The van der Waals surface area contributed by atoms with Crippen LogP contribution in [0.25, 0.3) is 10.6 Å². The molecule has 1 saturated carbocycles. The summed E-state index contributed by atoms with van der Waals surface area (Å²) in [7, 11) is 1.88. The number of amides is 1. The number of hydrogen-bond acceptors (Lipinski definition) is 4. The summed E-state index contributed by atoms with van der Waals surface area (Å²) in [5, 5.41) is 5.01. The Balaban J connectivity index is 1.57. The van der Waals surface area contributed by atoms with Crippen LogP contribution in [0.5, 0.6) is 0 Å². The molecule has 0 radical (unpaired) electrons. The minimum Gasteiger partial charge on any atom is -0.335 e. The molecule has 2 aliphatic rings. The molecule has 1 aliphatic carbocycles. The number of carbonyl (C=O) groups is 1. The van der Waals surface area contributed by atoms with E-state index in [0.717, 1.165) is 27.9 Å². The van der Waals surface area contributed by atoms with Gasteiger partial charge in [0.1, 0.15) is 9.88 Å². The molecule has 4 rings (SSSR count). The van der Waals surface area contributed by atoms with Gasteiger partial charge in [-0.3, -0.25) is 9.48 Å². The molecule has 2 bridgehead atoms. The molecule has 2 fully saturated rings. The molecule has 3 heterocycles. The molecule has 0 spiro atoms. The normalized spacial score (nSPS) is 24.6. The van der Waals surface area contributed by atoms with E-state index in [1.54, 1.807) is 17.1 Å². The van der Waals surface area contributed by atoms with Gasteiger partial charge in [-0.15, -0.1) is 11.3 Å². The van der Waals surface area contributed by atoms with Crippen LogP contribution in [-0.4, -0.2) is 38.2 Å². The Hall–Kier alpha value is -1.69. The monoisotopic (exact) mass is 288 g/mol. The second kappa shape index (κ2) is 4.41. The first-order chi connectivity index (χ1) is 9.70. The first-order valence-corrected chi connectivity index (χ1v) is 7.78. The quantitative estimate of drug-likeness (QED) is 0.851. The highest BCUT2D eigenvalue weighted by Gasteiger charge is 2.40. The van der Waals surface area contributed by atoms with Crippen molar-refractivity contribution in [3.05, 3.63) is 23.5 Å². The van der Waals surface area contributed by atoms with Crippen LogP contribution < -0.4 is 0 Å². The Labute approximate surface area is 121 Å². The molecule has 1 amide bonds. The summed E-state index contributed by atoms with van der Waals surface area (Å²) in [4.78, 5) is 19.7. The van der Waals surface area contributed by atoms with Crippen LogP contribution in [-0.2, 0) is 7.05 Å². The third kappa shape index (κ3) is 1.86. The van der Waals surface area contributed by atoms with Gasteiger partial charge in [-0.25, -0.2) is 4.98 Å². The third-order valence-electron chi connectivity index (χ3n) is 4.34. The number of carbonyl (C=O) groups excluding carboxylic acids is 1. The number of thiazole rings is 1. The Kier molecular flexibility index (Phi) is 2.66. The maximum absolute atomic E-state index is 12.6. The molecule has 1 aliphatic heterocycles. The maximum Gasteiger partial charge on any atom is 0.265 e. The van der Waals surface area contributed by atoms with Crippen molar-refractivity contribution in [1.82, 2.24) is 19.7 Å². The molecular formula is C14H16N4OS. The average Bonchev–Trinajstić information content (AvgIpc) is 3.20. The van der Waals surface area contributed by atoms with E-state index in [1.165, 1.54) is 30.6 Å². The Bertz CT molecular complexity index is 662. The van der Waals surface area contributed by atoms with Crippen molar-refractivity contribution in [1.29, 1.82) is 0 Å². The first kappa shape index (κ1) is 12.1. The van der Waals surface area contributed by atoms with Gasteiger partial charge in [0.15, 0.2) is 0 Å². The van der Waals surface area contributed by atoms with Crippen LogP contribution in [0.4, 0.5) is 0 Å². The Morgan fingerprint density at radius 1 is 1.40 bits per heavy atom. The first-order valence-electron chi connectivity index (χ1n) is 6.96. The SMILES string of the molecule is Cn1cc(-c2ncc(C(=O)N3CC4CCC3C4)s2)cn1. The summed E-state index contributed by atoms with van der Waals surface area (Å²) in [6, 6.07) is 0.469. The van der Waals surface area contributed by atoms with Crippen molar-refractivity contribution in [2.24, 2.45) is 13.0 Å². The number of hydrogen-bond donors (Lipinski definition) is 0. The van der Waals surface area contributed by atoms with Crippen molar-refractivity contribution in [2.75, 3.05) is 6.54 Å². The smallest absolute Gasteiger partial charge is 0.265 e. The zero-order valence-electron chi connectivity index (χ0n) is 11.3. The number of rotatable bonds is 2. The second-order valence-corrected chi connectivity index (χ2v) is 6.75. The van der Waals surface area contributed by atoms with Crippen LogP contribution in [0.1, 0.15) is 28.9 Å². The minimum absolute atomic E-state index is 0.157. The van der Waals surface area contributed by atoms with Gasteiger partial charge in [-0.1, -0.05) is 0 Å². The van der Waals surface area contributed by atoms with E-state index in [-0.39, 0.29) is 5.91 Å². The largest absolute Gasteiger partial charge is 0.335 e. The van der Waals surface area contributed by atoms with E-state index < -0.39 is 0 Å². The molecule has 1 saturated heterocycles. The molecule has 0 aromatic carbocycles. The van der Waals surface area contributed by atoms with E-state index in [1.807, 2.05) is 13.2 Å². The highest BCUT2D eigenvalue weighted by molar-refractivity contribution is 7.16. The Morgan fingerprint density at radius 3 is 2.95 bits per heavy atom. The van der Waals surface area contributed by atoms with Crippen LogP contribution in [0.3, 0.4) is 0 Å². The molecule has 2 unspecified atom stereocenters. The Morgan fingerprint density at radius 2 is 2.30 bits per heavy atom. The number of likely N-dealkylation sites (tertiary alicyclic amines) is 1. The number of piperidine rings is 1. The maximum atomic E-state index is 12.6. The minimum atomic E-state index is 0.157. The highest BCUT2D eigenvalue weighted by Crippen LogP contribution is 2.38. The number of aryl methyl sites for hydroxylation is 1. The fourth-order valence-corrected chi connectivity index (χ4v) is 4.20. The lowest BCUT2D eigenvalue weighted by atomic mass is 10.1. The van der Waals surface area contributed by atoms with Gasteiger partial charge >= 0.3 is 0 Å². The number of aromatic nitrogens is 3. The van der Waals surface area contributed by atoms with Gasteiger partial charge in [-0.05, 0) is 25.2 Å². The molecule has 20 heavy (non-hydrogen) atoms. The number of fused-ring (bicyclic) bond motifs is 2. The summed E-state index contributed by atoms with van der Waals surface area (Å²) in [5.41, 5.74) is 0.972. The van der Waals surface area contributed by atoms with E-state index >= 15 is 0 Å². The lowest BCUT2D eigenvalue weighted by Gasteiger charge is -2.26. The molecule has 2 atom stereocenters. The summed E-state index contributed by atoms with van der Waals surface area (Å²) in [5.74, 6) is 0.888. The van der Waals surface area contributed by atoms with Crippen molar-refractivity contribution in [3.63, 3.8) is 0 Å². The zero-order valence-corrected chi connectivity index (χ0v) is 12.1. The fourth-order valence-electron chi connectivity index (χ4n) is 3.35. The van der Waals surface area contributed by atoms with Crippen LogP contribution in [0.15, 0.2) is 18.6 Å². The van der Waals surface area contributed by atoms with E-state index in [2.05, 4.69) is 15.0 Å². The average molecular weight is 288 g/mol. The van der Waals surface area contributed by atoms with Crippen LogP contribution in [0.2, 0.25) is 0 Å². The molecular weight excluding hydrogens is 272 g/mol. The molecule has 0 N–H and O–H groups in total. The van der Waals surface area contributed by atoms with E-state index in [0.29, 0.717) is 6.04 Å². The van der Waals surface area contributed by atoms with E-state index in [4.69, 9.17) is 0 Å². The van der Waals surface area contributed by atoms with Gasteiger partial charge < -0.3 is 4.90 Å². The predicted molar refractivity (Wildman–Crippen MR) is 76.5 cm³/mol. The highest BCUT2D eigenvalue weighted by atomic mass is 32.1. The molecule has 2 aromatic heterocycles. The van der Waals surface area contributed by atoms with Gasteiger partial charge in [0.2, 0.25) is 0 Å². The lowest BCUT2D eigenvalue weighted by Crippen LogP contribution is -2.37. The third-order valence-corrected chi connectivity index (χ3v) is 5.37. The van der Waals surface area contributed by atoms with Gasteiger partial charge in [0.05, 0.1) is 12.4 Å². The lowest BCUT2D eigenvalue weighted by molar-refractivity contribution is 0.0708. The molecule has 6 heteroatoms. The molecule has 2 aromatic rings. The van der Waals surface area contributed by atoms with Gasteiger partial charge in [0, 0.05) is 31.4 Å². The van der Waals surface area contributed by atoms with Crippen LogP contribution >= 0.6 is 11.3 Å². The second-order valence-electron chi connectivity index (χ2n) is 5.72. The van der Waals surface area contributed by atoms with Crippen LogP contribution in [0, 0.1) is 5.92 Å². The van der Waals surface area contributed by atoms with Crippen molar-refractivity contribution >= 4 is 17.2 Å². The summed E-state index contributed by atoms with van der Waals surface area (Å²) < 4.78 is 1.75. The molecule has 104 valence electrons.